The molecule has 1 nitrogen and oxygen atoms in total. The number of rotatable bonds is 2. The van der Waals surface area contributed by atoms with Crippen LogP contribution in [0.15, 0.2) is 109 Å². The van der Waals surface area contributed by atoms with Crippen LogP contribution in [-0.4, -0.2) is 0 Å². The van der Waals surface area contributed by atoms with Crippen LogP contribution in [0.3, 0.4) is 0 Å². The number of hydrogen-bond acceptors (Lipinski definition) is 1. The first-order chi connectivity index (χ1) is 14.4. The third-order valence-corrected chi connectivity index (χ3v) is 6.07. The van der Waals surface area contributed by atoms with Crippen molar-refractivity contribution in [1.82, 2.24) is 0 Å². The van der Waals surface area contributed by atoms with Gasteiger partial charge < -0.3 is 4.74 Å². The van der Waals surface area contributed by atoms with Crippen molar-refractivity contribution < 1.29 is 4.74 Å². The molecular formula is C28H20O. The van der Waals surface area contributed by atoms with Gasteiger partial charge in [0.2, 0.25) is 0 Å². The second-order valence-corrected chi connectivity index (χ2v) is 7.67. The number of benzene rings is 5. The van der Waals surface area contributed by atoms with E-state index in [-0.39, 0.29) is 12.0 Å². The molecule has 1 heteroatoms. The zero-order valence-corrected chi connectivity index (χ0v) is 16.0. The van der Waals surface area contributed by atoms with Crippen molar-refractivity contribution in [3.05, 3.63) is 126 Å². The topological polar surface area (TPSA) is 9.23 Å². The maximum absolute atomic E-state index is 6.78. The Labute approximate surface area is 170 Å². The van der Waals surface area contributed by atoms with Crippen LogP contribution in [-0.2, 0) is 0 Å². The van der Waals surface area contributed by atoms with Crippen LogP contribution in [0.2, 0.25) is 0 Å². The number of ether oxygens (including phenoxy) is 1. The van der Waals surface area contributed by atoms with Gasteiger partial charge in [-0.1, -0.05) is 109 Å². The molecule has 5 aromatic carbocycles. The van der Waals surface area contributed by atoms with Crippen LogP contribution in [0.5, 0.6) is 5.75 Å². The Kier molecular flexibility index (Phi) is 3.67. The Bertz CT molecular complexity index is 1320. The summed E-state index contributed by atoms with van der Waals surface area (Å²) < 4.78 is 6.78. The van der Waals surface area contributed by atoms with Crippen LogP contribution in [0.4, 0.5) is 0 Å². The standard InChI is InChI=1S/C28H20O/c1-3-11-19(12-4-1)25-26-23-17-9-7-15-21(23)22-16-8-10-18-24(22)28(26)29-27(25)20-13-5-2-6-14-20/h1-18,25,27H. The molecule has 29 heavy (non-hydrogen) atoms. The third-order valence-electron chi connectivity index (χ3n) is 6.07. The summed E-state index contributed by atoms with van der Waals surface area (Å²) in [6.07, 6.45) is -0.0391. The normalized spacial score (nSPS) is 17.9. The molecule has 0 spiro atoms. The van der Waals surface area contributed by atoms with Gasteiger partial charge in [-0.05, 0) is 27.3 Å². The SMILES string of the molecule is c1ccc(C2Oc3c(c4ccccc4c4ccccc34)C2c2ccccc2)cc1. The highest BCUT2D eigenvalue weighted by Gasteiger charge is 2.39. The molecule has 0 N–H and O–H groups in total. The van der Waals surface area contributed by atoms with Crippen LogP contribution in [0.25, 0.3) is 21.5 Å². The van der Waals surface area contributed by atoms with Crippen molar-refractivity contribution in [1.29, 1.82) is 0 Å². The Morgan fingerprint density at radius 2 is 0.931 bits per heavy atom. The largest absolute Gasteiger partial charge is 0.484 e. The van der Waals surface area contributed by atoms with Crippen molar-refractivity contribution in [2.45, 2.75) is 12.0 Å². The smallest absolute Gasteiger partial charge is 0.135 e. The first-order valence-corrected chi connectivity index (χ1v) is 10.1. The van der Waals surface area contributed by atoms with Crippen molar-refractivity contribution >= 4 is 21.5 Å². The fourth-order valence-corrected chi connectivity index (χ4v) is 4.82. The second kappa shape index (κ2) is 6.49. The molecule has 5 aromatic rings. The molecule has 138 valence electrons. The summed E-state index contributed by atoms with van der Waals surface area (Å²) in [5.41, 5.74) is 3.81. The van der Waals surface area contributed by atoms with E-state index in [1.165, 1.54) is 38.2 Å². The van der Waals surface area contributed by atoms with Gasteiger partial charge in [0.1, 0.15) is 11.9 Å². The Balaban J connectivity index is 1.72. The van der Waals surface area contributed by atoms with Crippen LogP contribution >= 0.6 is 0 Å². The Morgan fingerprint density at radius 3 is 1.59 bits per heavy atom. The lowest BCUT2D eigenvalue weighted by Crippen LogP contribution is -2.11. The summed E-state index contributed by atoms with van der Waals surface area (Å²) in [7, 11) is 0. The molecule has 2 atom stereocenters. The summed E-state index contributed by atoms with van der Waals surface area (Å²) in [5, 5.41) is 5.02. The monoisotopic (exact) mass is 372 g/mol. The molecule has 0 saturated heterocycles. The molecule has 0 bridgehead atoms. The average Bonchev–Trinajstić information content (AvgIpc) is 3.22. The molecule has 0 amide bonds. The lowest BCUT2D eigenvalue weighted by molar-refractivity contribution is 0.224. The van der Waals surface area contributed by atoms with Crippen LogP contribution in [0.1, 0.15) is 28.7 Å². The van der Waals surface area contributed by atoms with E-state index >= 15 is 0 Å². The van der Waals surface area contributed by atoms with Gasteiger partial charge in [-0.15, -0.1) is 0 Å². The van der Waals surface area contributed by atoms with Crippen molar-refractivity contribution in [3.8, 4) is 5.75 Å². The predicted octanol–water partition coefficient (Wildman–Crippen LogP) is 7.26. The molecule has 6 rings (SSSR count). The summed E-state index contributed by atoms with van der Waals surface area (Å²) in [6, 6.07) is 38.7. The minimum atomic E-state index is -0.0391. The van der Waals surface area contributed by atoms with Crippen molar-refractivity contribution in [2.75, 3.05) is 0 Å². The minimum Gasteiger partial charge on any atom is -0.484 e. The van der Waals surface area contributed by atoms with E-state index in [4.69, 9.17) is 4.74 Å². The molecule has 2 unspecified atom stereocenters. The zero-order valence-electron chi connectivity index (χ0n) is 16.0. The summed E-state index contributed by atoms with van der Waals surface area (Å²) in [6.45, 7) is 0. The van der Waals surface area contributed by atoms with E-state index in [0.717, 1.165) is 5.75 Å². The molecule has 1 aliphatic heterocycles. The molecule has 0 saturated carbocycles. The highest BCUT2D eigenvalue weighted by Crippen LogP contribution is 2.55. The lowest BCUT2D eigenvalue weighted by Gasteiger charge is -2.20. The van der Waals surface area contributed by atoms with Gasteiger partial charge in [0.05, 0.1) is 5.92 Å². The highest BCUT2D eigenvalue weighted by molar-refractivity contribution is 6.13. The van der Waals surface area contributed by atoms with Gasteiger partial charge >= 0.3 is 0 Å². The first-order valence-electron chi connectivity index (χ1n) is 10.1. The van der Waals surface area contributed by atoms with Crippen LogP contribution < -0.4 is 4.74 Å². The number of fused-ring (bicyclic) bond motifs is 6. The molecule has 1 aliphatic rings. The quantitative estimate of drug-likeness (QED) is 0.296. The van der Waals surface area contributed by atoms with Crippen LogP contribution in [0, 0.1) is 0 Å². The van der Waals surface area contributed by atoms with Crippen molar-refractivity contribution in [2.24, 2.45) is 0 Å². The van der Waals surface area contributed by atoms with E-state index in [9.17, 15) is 0 Å². The van der Waals surface area contributed by atoms with E-state index in [0.29, 0.717) is 0 Å². The van der Waals surface area contributed by atoms with E-state index in [1.807, 2.05) is 0 Å². The van der Waals surface area contributed by atoms with Gasteiger partial charge in [-0.3, -0.25) is 0 Å². The fourth-order valence-electron chi connectivity index (χ4n) is 4.82. The van der Waals surface area contributed by atoms with Gasteiger partial charge in [-0.25, -0.2) is 0 Å². The summed E-state index contributed by atoms with van der Waals surface area (Å²) in [4.78, 5) is 0. The van der Waals surface area contributed by atoms with Crippen molar-refractivity contribution in [3.63, 3.8) is 0 Å². The fraction of sp³-hybridized carbons (Fsp3) is 0.0714. The van der Waals surface area contributed by atoms with Gasteiger partial charge in [0.15, 0.2) is 0 Å². The van der Waals surface area contributed by atoms with Gasteiger partial charge in [0.25, 0.3) is 0 Å². The number of hydrogen-bond donors (Lipinski definition) is 0. The Hall–Kier alpha value is -3.58. The minimum absolute atomic E-state index is 0.0391. The van der Waals surface area contributed by atoms with E-state index < -0.39 is 0 Å². The maximum Gasteiger partial charge on any atom is 0.135 e. The molecule has 1 heterocycles. The predicted molar refractivity (Wildman–Crippen MR) is 120 cm³/mol. The second-order valence-electron chi connectivity index (χ2n) is 7.67. The summed E-state index contributed by atoms with van der Waals surface area (Å²) >= 11 is 0. The molecular weight excluding hydrogens is 352 g/mol. The third kappa shape index (κ3) is 2.48. The van der Waals surface area contributed by atoms with E-state index in [2.05, 4.69) is 109 Å². The average molecular weight is 372 g/mol. The van der Waals surface area contributed by atoms with Gasteiger partial charge in [0, 0.05) is 10.9 Å². The van der Waals surface area contributed by atoms with E-state index in [1.54, 1.807) is 0 Å². The highest BCUT2D eigenvalue weighted by atomic mass is 16.5. The molecule has 0 radical (unpaired) electrons. The zero-order chi connectivity index (χ0) is 19.2. The molecule has 0 aliphatic carbocycles. The Morgan fingerprint density at radius 1 is 0.448 bits per heavy atom. The maximum atomic E-state index is 6.78. The molecule has 0 aromatic heterocycles. The summed E-state index contributed by atoms with van der Waals surface area (Å²) in [5.74, 6) is 1.19. The molecule has 0 fully saturated rings. The lowest BCUT2D eigenvalue weighted by atomic mass is 9.82. The van der Waals surface area contributed by atoms with Gasteiger partial charge in [-0.2, -0.15) is 0 Å². The first kappa shape index (κ1) is 16.4.